The minimum Gasteiger partial charge on any atom is -0.469 e. The summed E-state index contributed by atoms with van der Waals surface area (Å²) in [7, 11) is 2.16. The zero-order valence-corrected chi connectivity index (χ0v) is 29.1. The van der Waals surface area contributed by atoms with Crippen molar-refractivity contribution in [3.05, 3.63) is 133 Å². The molecule has 0 aromatic heterocycles. The Morgan fingerprint density at radius 1 is 0.938 bits per heavy atom. The monoisotopic (exact) mass is 659 g/mol. The Balaban J connectivity index is 1.32. The summed E-state index contributed by atoms with van der Waals surface area (Å²) in [6.45, 7) is 5.27. The first-order valence-electron chi connectivity index (χ1n) is 17.1. The highest BCUT2D eigenvalue weighted by Crippen LogP contribution is 2.63. The van der Waals surface area contributed by atoms with Gasteiger partial charge in [-0.2, -0.15) is 0 Å². The number of rotatable bonds is 10. The van der Waals surface area contributed by atoms with E-state index in [4.69, 9.17) is 9.47 Å². The highest BCUT2D eigenvalue weighted by Gasteiger charge is 2.62. The Hall–Kier alpha value is -3.47. The molecule has 1 saturated heterocycles. The summed E-state index contributed by atoms with van der Waals surface area (Å²) >= 11 is 0. The van der Waals surface area contributed by atoms with Crippen molar-refractivity contribution < 1.29 is 19.1 Å². The van der Waals surface area contributed by atoms with Gasteiger partial charge in [-0.05, 0) is 87.9 Å². The second kappa shape index (κ2) is 13.8. The van der Waals surface area contributed by atoms with Crippen LogP contribution in [-0.2, 0) is 24.5 Å². The second-order valence-corrected chi connectivity index (χ2v) is 15.5. The summed E-state index contributed by atoms with van der Waals surface area (Å²) < 4.78 is 10.7. The van der Waals surface area contributed by atoms with Crippen LogP contribution in [0.2, 0.25) is 0 Å². The van der Waals surface area contributed by atoms with Gasteiger partial charge in [0.15, 0.2) is 0 Å². The highest BCUT2D eigenvalue weighted by atomic mass is 31.1. The zero-order chi connectivity index (χ0) is 33.4. The average molecular weight is 660 g/mol. The summed E-state index contributed by atoms with van der Waals surface area (Å²) in [5.74, 6) is 0.651. The Labute approximate surface area is 287 Å². The molecule has 0 unspecified atom stereocenters. The molecular formula is C41H44N2O4P. The van der Waals surface area contributed by atoms with Gasteiger partial charge in [-0.1, -0.05) is 85.8 Å². The maximum absolute atomic E-state index is 13.5. The van der Waals surface area contributed by atoms with E-state index in [0.717, 1.165) is 24.4 Å². The molecule has 48 heavy (non-hydrogen) atoms. The fraction of sp³-hybridized carbons (Fsp3) is 0.341. The van der Waals surface area contributed by atoms with E-state index >= 15 is 0 Å². The lowest BCUT2D eigenvalue weighted by molar-refractivity contribution is -0.146. The summed E-state index contributed by atoms with van der Waals surface area (Å²) in [4.78, 5) is 29.2. The van der Waals surface area contributed by atoms with Gasteiger partial charge < -0.3 is 14.8 Å². The maximum atomic E-state index is 13.5. The van der Waals surface area contributed by atoms with Gasteiger partial charge in [0.05, 0.1) is 31.1 Å². The van der Waals surface area contributed by atoms with Crippen LogP contribution in [0, 0.1) is 42.7 Å². The van der Waals surface area contributed by atoms with E-state index in [2.05, 4.69) is 128 Å². The number of hydrogen-bond acceptors (Lipinski definition) is 6. The number of benzene rings is 3. The first-order valence-corrected chi connectivity index (χ1v) is 18.4. The number of hydrogen-bond donors (Lipinski definition) is 1. The number of methoxy groups -OCH3 is 2. The predicted octanol–water partition coefficient (Wildman–Crippen LogP) is 6.71. The van der Waals surface area contributed by atoms with Crippen LogP contribution in [0.15, 0.2) is 96.2 Å². The van der Waals surface area contributed by atoms with Crippen molar-refractivity contribution in [2.24, 2.45) is 11.8 Å². The van der Waals surface area contributed by atoms with E-state index in [1.54, 1.807) is 0 Å². The Bertz CT molecular complexity index is 1620. The number of fused-ring (bicyclic) bond motifs is 1. The molecule has 5 atom stereocenters. The third kappa shape index (κ3) is 5.50. The largest absolute Gasteiger partial charge is 0.469 e. The Kier molecular flexibility index (Phi) is 9.50. The Morgan fingerprint density at radius 2 is 1.60 bits per heavy atom. The number of para-hydroxylation sites is 1. The molecule has 2 heterocycles. The molecule has 6 nitrogen and oxygen atoms in total. The standard InChI is InChI=1S/C41H44N2O4P/c1-5-28(39(44)46-3)25-29-26-33(40(45)47-4)37-41(34-20-12-13-21-35(34)42-37)23-24-43(38(29)41)27(2)32-19-14-22-36(32)48(30-15-8-6-9-16-30)31-17-10-7-11-18-31/h6-22,27-29,38,42H,5,23-26H2,1-4H3/t27-,28+,29-,38+,41+/m0/s1. The molecule has 3 aromatic rings. The lowest BCUT2D eigenvalue weighted by Crippen LogP contribution is -2.55. The van der Waals surface area contributed by atoms with Crippen LogP contribution >= 0.6 is 7.92 Å². The van der Waals surface area contributed by atoms with Gasteiger partial charge in [0.25, 0.3) is 0 Å². The van der Waals surface area contributed by atoms with Crippen molar-refractivity contribution in [2.75, 3.05) is 26.1 Å². The van der Waals surface area contributed by atoms with Crippen LogP contribution in [0.25, 0.3) is 0 Å². The van der Waals surface area contributed by atoms with Crippen LogP contribution in [0.4, 0.5) is 5.69 Å². The van der Waals surface area contributed by atoms with E-state index in [1.165, 1.54) is 42.0 Å². The third-order valence-electron chi connectivity index (χ3n) is 11.0. The molecule has 1 saturated carbocycles. The van der Waals surface area contributed by atoms with Gasteiger partial charge in [-0.3, -0.25) is 9.69 Å². The second-order valence-electron chi connectivity index (χ2n) is 13.3. The number of carbonyl (C=O) groups is 2. The number of nitrogens with zero attached hydrogens (tertiary/aromatic N) is 1. The number of carbonyl (C=O) groups excluding carboxylic acids is 2. The van der Waals surface area contributed by atoms with Crippen molar-refractivity contribution in [3.63, 3.8) is 0 Å². The van der Waals surface area contributed by atoms with Gasteiger partial charge in [-0.25, -0.2) is 4.79 Å². The van der Waals surface area contributed by atoms with Gasteiger partial charge in [-0.15, -0.1) is 0 Å². The van der Waals surface area contributed by atoms with Crippen molar-refractivity contribution in [1.29, 1.82) is 0 Å². The first kappa shape index (κ1) is 33.0. The number of ether oxygens (including phenoxy) is 2. The van der Waals surface area contributed by atoms with E-state index in [0.29, 0.717) is 24.8 Å². The predicted molar refractivity (Wildman–Crippen MR) is 192 cm³/mol. The van der Waals surface area contributed by atoms with E-state index < -0.39 is 13.3 Å². The molecule has 0 amide bonds. The fourth-order valence-corrected chi connectivity index (χ4v) is 11.5. The SMILES string of the molecule is CC[C@H](C[C@H]1CC(C(=O)OC)=C2Nc3ccccc3[C@]23CCN([C@@H](C)[C]2[CH][CH][CH][C]2P(c2ccccc2)c2ccccc2)[C@H]13)C(=O)OC. The summed E-state index contributed by atoms with van der Waals surface area (Å²) in [5, 5.41) is 6.38. The number of esters is 2. The van der Waals surface area contributed by atoms with Gasteiger partial charge in [0.1, 0.15) is 0 Å². The van der Waals surface area contributed by atoms with Gasteiger partial charge >= 0.3 is 11.9 Å². The summed E-state index contributed by atoms with van der Waals surface area (Å²) in [6, 6.07) is 30.4. The smallest absolute Gasteiger partial charge is 0.335 e. The quantitative estimate of drug-likeness (QED) is 0.193. The van der Waals surface area contributed by atoms with Crippen LogP contribution < -0.4 is 15.9 Å². The molecule has 5 radical (unpaired) electrons. The molecule has 2 aliphatic carbocycles. The molecule has 1 N–H and O–H groups in total. The van der Waals surface area contributed by atoms with Gasteiger partial charge in [0.2, 0.25) is 0 Å². The van der Waals surface area contributed by atoms with E-state index in [-0.39, 0.29) is 35.9 Å². The highest BCUT2D eigenvalue weighted by molar-refractivity contribution is 7.76. The van der Waals surface area contributed by atoms with Crippen LogP contribution in [0.1, 0.15) is 45.1 Å². The molecule has 0 bridgehead atoms. The van der Waals surface area contributed by atoms with Crippen LogP contribution in [0.5, 0.6) is 0 Å². The molecule has 1 spiro atoms. The lowest BCUT2D eigenvalue weighted by atomic mass is 9.61. The zero-order valence-electron chi connectivity index (χ0n) is 28.2. The summed E-state index contributed by atoms with van der Waals surface area (Å²) in [6.07, 6.45) is 9.58. The van der Waals surface area contributed by atoms with E-state index in [9.17, 15) is 9.59 Å². The van der Waals surface area contributed by atoms with E-state index in [1.807, 2.05) is 0 Å². The molecule has 7 heteroatoms. The minimum atomic E-state index is -0.778. The minimum absolute atomic E-state index is 0.0352. The lowest BCUT2D eigenvalue weighted by Gasteiger charge is -2.49. The molecular weight excluding hydrogens is 615 g/mol. The van der Waals surface area contributed by atoms with Crippen molar-refractivity contribution in [3.8, 4) is 0 Å². The molecule has 3 aromatic carbocycles. The third-order valence-corrected chi connectivity index (χ3v) is 13.6. The topological polar surface area (TPSA) is 67.9 Å². The average Bonchev–Trinajstić information content (AvgIpc) is 3.86. The molecule has 247 valence electrons. The molecule has 7 rings (SSSR count). The molecule has 2 aliphatic heterocycles. The van der Waals surface area contributed by atoms with Crippen LogP contribution in [-0.4, -0.2) is 49.7 Å². The number of nitrogens with one attached hydrogen (secondary N) is 1. The summed E-state index contributed by atoms with van der Waals surface area (Å²) in [5.41, 5.74) is 4.93. The Morgan fingerprint density at radius 3 is 2.25 bits per heavy atom. The van der Waals surface area contributed by atoms with Crippen molar-refractivity contribution in [1.82, 2.24) is 4.90 Å². The number of anilines is 1. The van der Waals surface area contributed by atoms with Crippen molar-refractivity contribution in [2.45, 2.75) is 57.0 Å². The molecule has 2 fully saturated rings. The van der Waals surface area contributed by atoms with Crippen molar-refractivity contribution >= 4 is 36.2 Å². The number of likely N-dealkylation sites (tertiary alicyclic amines) is 1. The maximum Gasteiger partial charge on any atom is 0.335 e. The first-order chi connectivity index (χ1) is 23.4. The fourth-order valence-electron chi connectivity index (χ4n) is 8.96. The van der Waals surface area contributed by atoms with Gasteiger partial charge in [0, 0.05) is 41.6 Å². The van der Waals surface area contributed by atoms with Crippen LogP contribution in [0.3, 0.4) is 0 Å². The normalized spacial score (nSPS) is 25.3. The molecule has 4 aliphatic rings.